The number of alkyl halides is 3. The van der Waals surface area contributed by atoms with Crippen LogP contribution in [0, 0.1) is 0 Å². The Kier molecular flexibility index (Phi) is 4.17. The molecule has 20 heavy (non-hydrogen) atoms. The normalized spacial score (nSPS) is 11.3. The van der Waals surface area contributed by atoms with Gasteiger partial charge >= 0.3 is 6.18 Å². The summed E-state index contributed by atoms with van der Waals surface area (Å²) >= 11 is 0. The van der Waals surface area contributed by atoms with Crippen molar-refractivity contribution in [2.45, 2.75) is 19.0 Å². The molecule has 0 saturated carbocycles. The molecule has 0 spiro atoms. The maximum Gasteiger partial charge on any atom is 0.416 e. The smallest absolute Gasteiger partial charge is 0.299 e. The first-order valence-corrected chi connectivity index (χ1v) is 6.03. The summed E-state index contributed by atoms with van der Waals surface area (Å²) in [7, 11) is 0. The van der Waals surface area contributed by atoms with Crippen LogP contribution in [0.4, 0.5) is 13.2 Å². The third kappa shape index (κ3) is 3.91. The number of hydrogen-bond donors (Lipinski definition) is 0. The SMILES string of the molecule is O=C(Cc1ccc(C(F)(F)F)cc1)Cc1ccccn1. The van der Waals surface area contributed by atoms with E-state index in [9.17, 15) is 18.0 Å². The predicted molar refractivity (Wildman–Crippen MR) is 68.1 cm³/mol. The van der Waals surface area contributed by atoms with Gasteiger partial charge in [-0.1, -0.05) is 18.2 Å². The number of benzene rings is 1. The Morgan fingerprint density at radius 3 is 2.25 bits per heavy atom. The highest BCUT2D eigenvalue weighted by Crippen LogP contribution is 2.29. The molecule has 1 aromatic heterocycles. The zero-order chi connectivity index (χ0) is 14.6. The van der Waals surface area contributed by atoms with Crippen LogP contribution in [-0.2, 0) is 23.8 Å². The Morgan fingerprint density at radius 1 is 1.00 bits per heavy atom. The number of nitrogens with zero attached hydrogens (tertiary/aromatic N) is 1. The lowest BCUT2D eigenvalue weighted by Crippen LogP contribution is -2.09. The van der Waals surface area contributed by atoms with E-state index in [0.717, 1.165) is 12.1 Å². The van der Waals surface area contributed by atoms with E-state index in [-0.39, 0.29) is 18.6 Å². The minimum Gasteiger partial charge on any atom is -0.299 e. The zero-order valence-electron chi connectivity index (χ0n) is 10.5. The average Bonchev–Trinajstić information content (AvgIpc) is 2.39. The van der Waals surface area contributed by atoms with Crippen molar-refractivity contribution < 1.29 is 18.0 Å². The van der Waals surface area contributed by atoms with Crippen LogP contribution in [0.25, 0.3) is 0 Å². The summed E-state index contributed by atoms with van der Waals surface area (Å²) in [6, 6.07) is 9.92. The van der Waals surface area contributed by atoms with Gasteiger partial charge in [0.25, 0.3) is 0 Å². The Balaban J connectivity index is 1.98. The number of aromatic nitrogens is 1. The molecule has 0 atom stereocenters. The van der Waals surface area contributed by atoms with Gasteiger partial charge in [0.2, 0.25) is 0 Å². The molecule has 2 aromatic rings. The Bertz CT molecular complexity index is 576. The lowest BCUT2D eigenvalue weighted by atomic mass is 10.0. The number of Topliss-reactive ketones (excluding diaryl/α,β-unsaturated/α-hetero) is 1. The summed E-state index contributed by atoms with van der Waals surface area (Å²) in [6.45, 7) is 0. The van der Waals surface area contributed by atoms with Gasteiger partial charge in [-0.05, 0) is 29.8 Å². The number of ketones is 1. The number of carbonyl (C=O) groups excluding carboxylic acids is 1. The Morgan fingerprint density at radius 2 is 1.70 bits per heavy atom. The standard InChI is InChI=1S/C15H12F3NO/c16-15(17,18)12-6-4-11(5-7-12)9-14(20)10-13-3-1-2-8-19-13/h1-8H,9-10H2. The molecule has 0 aliphatic carbocycles. The molecule has 0 amide bonds. The second-order valence-corrected chi connectivity index (χ2v) is 4.41. The molecule has 0 unspecified atom stereocenters. The monoisotopic (exact) mass is 279 g/mol. The topological polar surface area (TPSA) is 30.0 Å². The highest BCUT2D eigenvalue weighted by molar-refractivity contribution is 5.82. The van der Waals surface area contributed by atoms with E-state index in [4.69, 9.17) is 0 Å². The first-order chi connectivity index (χ1) is 9.45. The van der Waals surface area contributed by atoms with Gasteiger partial charge in [0.15, 0.2) is 0 Å². The first kappa shape index (κ1) is 14.2. The molecular formula is C15H12F3NO. The van der Waals surface area contributed by atoms with Crippen molar-refractivity contribution in [2.75, 3.05) is 0 Å². The minimum absolute atomic E-state index is 0.0801. The van der Waals surface area contributed by atoms with E-state index in [1.54, 1.807) is 24.4 Å². The largest absolute Gasteiger partial charge is 0.416 e. The second-order valence-electron chi connectivity index (χ2n) is 4.41. The van der Waals surface area contributed by atoms with E-state index in [2.05, 4.69) is 4.98 Å². The van der Waals surface area contributed by atoms with Crippen LogP contribution in [0.3, 0.4) is 0 Å². The van der Waals surface area contributed by atoms with Crippen LogP contribution >= 0.6 is 0 Å². The van der Waals surface area contributed by atoms with E-state index in [1.165, 1.54) is 12.1 Å². The zero-order valence-corrected chi connectivity index (χ0v) is 10.5. The van der Waals surface area contributed by atoms with Crippen molar-refractivity contribution in [2.24, 2.45) is 0 Å². The summed E-state index contributed by atoms with van der Waals surface area (Å²) in [6.07, 6.45) is -2.46. The van der Waals surface area contributed by atoms with Crippen molar-refractivity contribution in [1.29, 1.82) is 0 Å². The molecule has 104 valence electrons. The van der Waals surface area contributed by atoms with Gasteiger partial charge in [0.05, 0.1) is 5.56 Å². The molecule has 0 aliphatic heterocycles. The van der Waals surface area contributed by atoms with Gasteiger partial charge < -0.3 is 0 Å². The van der Waals surface area contributed by atoms with Gasteiger partial charge in [0, 0.05) is 24.7 Å². The molecule has 0 N–H and O–H groups in total. The van der Waals surface area contributed by atoms with E-state index in [0.29, 0.717) is 11.3 Å². The summed E-state index contributed by atoms with van der Waals surface area (Å²) in [5.74, 6) is -0.0801. The molecule has 2 rings (SSSR count). The number of halogens is 3. The highest BCUT2D eigenvalue weighted by atomic mass is 19.4. The molecule has 0 fully saturated rings. The van der Waals surface area contributed by atoms with Gasteiger partial charge in [-0.25, -0.2) is 0 Å². The summed E-state index contributed by atoms with van der Waals surface area (Å²) in [5, 5.41) is 0. The lowest BCUT2D eigenvalue weighted by molar-refractivity contribution is -0.137. The van der Waals surface area contributed by atoms with Crippen LogP contribution in [0.5, 0.6) is 0 Å². The van der Waals surface area contributed by atoms with Crippen LogP contribution in [0.1, 0.15) is 16.8 Å². The van der Waals surface area contributed by atoms with Gasteiger partial charge in [-0.15, -0.1) is 0 Å². The summed E-state index contributed by atoms with van der Waals surface area (Å²) < 4.78 is 37.2. The third-order valence-electron chi connectivity index (χ3n) is 2.79. The van der Waals surface area contributed by atoms with Gasteiger partial charge in [0.1, 0.15) is 5.78 Å². The number of rotatable bonds is 4. The first-order valence-electron chi connectivity index (χ1n) is 6.03. The second kappa shape index (κ2) is 5.86. The minimum atomic E-state index is -4.35. The molecule has 0 saturated heterocycles. The number of pyridine rings is 1. The molecule has 2 nitrogen and oxygen atoms in total. The van der Waals surface area contributed by atoms with E-state index >= 15 is 0 Å². The van der Waals surface area contributed by atoms with Crippen molar-refractivity contribution in [3.05, 3.63) is 65.5 Å². The van der Waals surface area contributed by atoms with Crippen molar-refractivity contribution >= 4 is 5.78 Å². The number of carbonyl (C=O) groups is 1. The summed E-state index contributed by atoms with van der Waals surface area (Å²) in [5.41, 5.74) is 0.516. The highest BCUT2D eigenvalue weighted by Gasteiger charge is 2.29. The number of hydrogen-bond acceptors (Lipinski definition) is 2. The Labute approximate surface area is 114 Å². The molecule has 0 radical (unpaired) electrons. The fourth-order valence-corrected chi connectivity index (χ4v) is 1.81. The van der Waals surface area contributed by atoms with E-state index < -0.39 is 11.7 Å². The lowest BCUT2D eigenvalue weighted by Gasteiger charge is -2.07. The molecule has 1 heterocycles. The molecule has 5 heteroatoms. The van der Waals surface area contributed by atoms with Crippen LogP contribution in [-0.4, -0.2) is 10.8 Å². The third-order valence-corrected chi connectivity index (χ3v) is 2.79. The van der Waals surface area contributed by atoms with Crippen LogP contribution in [0.2, 0.25) is 0 Å². The van der Waals surface area contributed by atoms with Crippen molar-refractivity contribution in [3.63, 3.8) is 0 Å². The van der Waals surface area contributed by atoms with Crippen molar-refractivity contribution in [3.8, 4) is 0 Å². The Hall–Kier alpha value is -2.17. The van der Waals surface area contributed by atoms with Crippen LogP contribution < -0.4 is 0 Å². The molecular weight excluding hydrogens is 267 g/mol. The van der Waals surface area contributed by atoms with Crippen LogP contribution in [0.15, 0.2) is 48.7 Å². The maximum atomic E-state index is 12.4. The fraction of sp³-hybridized carbons (Fsp3) is 0.200. The molecule has 1 aromatic carbocycles. The summed E-state index contributed by atoms with van der Waals surface area (Å²) in [4.78, 5) is 15.8. The molecule has 0 bridgehead atoms. The van der Waals surface area contributed by atoms with E-state index in [1.807, 2.05) is 0 Å². The van der Waals surface area contributed by atoms with Crippen molar-refractivity contribution in [1.82, 2.24) is 4.98 Å². The fourth-order valence-electron chi connectivity index (χ4n) is 1.81. The predicted octanol–water partition coefficient (Wildman–Crippen LogP) is 3.45. The molecule has 0 aliphatic rings. The quantitative estimate of drug-likeness (QED) is 0.858. The maximum absolute atomic E-state index is 12.4. The average molecular weight is 279 g/mol. The van der Waals surface area contributed by atoms with Gasteiger partial charge in [-0.3, -0.25) is 9.78 Å². The van der Waals surface area contributed by atoms with Gasteiger partial charge in [-0.2, -0.15) is 13.2 Å².